The molecule has 1 amide bonds. The first kappa shape index (κ1) is 18.7. The molecule has 1 fully saturated rings. The van der Waals surface area contributed by atoms with Gasteiger partial charge in [0, 0.05) is 50.1 Å². The number of benzene rings is 1. The number of aromatic nitrogens is 1. The molecule has 2 aromatic rings. The van der Waals surface area contributed by atoms with Gasteiger partial charge in [-0.25, -0.2) is 0 Å². The molecule has 2 aliphatic heterocycles. The number of nitrogens with zero attached hydrogens (tertiary/aromatic N) is 2. The van der Waals surface area contributed by atoms with Crippen LogP contribution in [0.25, 0.3) is 0 Å². The number of nitrogens with one attached hydrogen (secondary N) is 1. The second-order valence-electron chi connectivity index (χ2n) is 7.57. The van der Waals surface area contributed by atoms with Crippen LogP contribution in [0.1, 0.15) is 28.8 Å². The number of methoxy groups -OCH3 is 1. The van der Waals surface area contributed by atoms with Gasteiger partial charge in [0.25, 0.3) is 5.91 Å². The summed E-state index contributed by atoms with van der Waals surface area (Å²) >= 11 is 0. The Morgan fingerprint density at radius 1 is 1.32 bits per heavy atom. The number of hydrogen-bond donors (Lipinski definition) is 1. The third-order valence-corrected chi connectivity index (χ3v) is 5.64. The van der Waals surface area contributed by atoms with Crippen LogP contribution in [0.15, 0.2) is 42.7 Å². The third-order valence-electron chi connectivity index (χ3n) is 5.64. The summed E-state index contributed by atoms with van der Waals surface area (Å²) in [6.07, 6.45) is 6.31. The van der Waals surface area contributed by atoms with E-state index in [-0.39, 0.29) is 5.91 Å². The van der Waals surface area contributed by atoms with Crippen LogP contribution >= 0.6 is 0 Å². The molecule has 28 heavy (non-hydrogen) atoms. The van der Waals surface area contributed by atoms with Crippen LogP contribution in [0.3, 0.4) is 0 Å². The lowest BCUT2D eigenvalue weighted by Gasteiger charge is -2.34. The molecule has 1 atom stereocenters. The summed E-state index contributed by atoms with van der Waals surface area (Å²) in [6, 6.07) is 10.2. The quantitative estimate of drug-likeness (QED) is 0.862. The van der Waals surface area contributed by atoms with E-state index in [1.54, 1.807) is 19.5 Å². The molecule has 0 radical (unpaired) electrons. The van der Waals surface area contributed by atoms with E-state index in [1.165, 1.54) is 5.56 Å². The fourth-order valence-electron chi connectivity index (χ4n) is 3.97. The maximum atomic E-state index is 12.5. The first-order chi connectivity index (χ1) is 13.7. The number of rotatable bonds is 5. The third kappa shape index (κ3) is 4.28. The molecule has 1 aromatic heterocycles. The average molecular weight is 381 g/mol. The molecule has 0 bridgehead atoms. The number of hydrogen-bond acceptors (Lipinski definition) is 5. The Bertz CT molecular complexity index is 804. The van der Waals surface area contributed by atoms with Crippen molar-refractivity contribution in [1.82, 2.24) is 15.2 Å². The van der Waals surface area contributed by atoms with E-state index in [1.807, 2.05) is 29.2 Å². The second-order valence-corrected chi connectivity index (χ2v) is 7.57. The molecule has 3 heterocycles. The van der Waals surface area contributed by atoms with Crippen LogP contribution in [0.2, 0.25) is 0 Å². The van der Waals surface area contributed by atoms with Gasteiger partial charge in [0.2, 0.25) is 0 Å². The minimum absolute atomic E-state index is 0.0827. The van der Waals surface area contributed by atoms with Crippen LogP contribution in [-0.4, -0.2) is 55.2 Å². The first-order valence-electron chi connectivity index (χ1n) is 9.95. The maximum Gasteiger partial charge on any atom is 0.255 e. The molecule has 6 heteroatoms. The molecule has 1 saturated heterocycles. The lowest BCUT2D eigenvalue weighted by molar-refractivity contribution is 0.0702. The van der Waals surface area contributed by atoms with Gasteiger partial charge in [0.05, 0.1) is 19.3 Å². The summed E-state index contributed by atoms with van der Waals surface area (Å²) < 4.78 is 11.2. The largest absolute Gasteiger partial charge is 0.497 e. The van der Waals surface area contributed by atoms with Gasteiger partial charge in [-0.1, -0.05) is 6.07 Å². The van der Waals surface area contributed by atoms with E-state index in [0.29, 0.717) is 17.5 Å². The molecule has 0 saturated carbocycles. The fraction of sp³-hybridized carbons (Fsp3) is 0.455. The van der Waals surface area contributed by atoms with Crippen molar-refractivity contribution in [3.63, 3.8) is 0 Å². The van der Waals surface area contributed by atoms with Crippen molar-refractivity contribution in [2.24, 2.45) is 5.92 Å². The average Bonchev–Trinajstić information content (AvgIpc) is 2.77. The number of amides is 1. The summed E-state index contributed by atoms with van der Waals surface area (Å²) in [5, 5.41) is 3.69. The van der Waals surface area contributed by atoms with Crippen LogP contribution in [0.5, 0.6) is 11.5 Å². The topological polar surface area (TPSA) is 63.7 Å². The van der Waals surface area contributed by atoms with Crippen molar-refractivity contribution in [2.75, 3.05) is 33.4 Å². The van der Waals surface area contributed by atoms with Crippen molar-refractivity contribution < 1.29 is 14.3 Å². The molecule has 0 aliphatic carbocycles. The molecule has 1 aromatic carbocycles. The molecule has 0 spiro atoms. The van der Waals surface area contributed by atoms with Gasteiger partial charge in [-0.2, -0.15) is 0 Å². The SMILES string of the molecule is COc1ccc2c(c1)OC[C@@H](CNC1CCN(C(=O)c3cccnc3)CC1)C2. The number of likely N-dealkylation sites (tertiary alicyclic amines) is 1. The molecular formula is C22H27N3O3. The highest BCUT2D eigenvalue weighted by Gasteiger charge is 2.25. The molecule has 0 unspecified atom stereocenters. The van der Waals surface area contributed by atoms with Gasteiger partial charge in [-0.15, -0.1) is 0 Å². The zero-order valence-corrected chi connectivity index (χ0v) is 16.3. The molecule has 148 valence electrons. The maximum absolute atomic E-state index is 12.5. The van der Waals surface area contributed by atoms with Crippen LogP contribution < -0.4 is 14.8 Å². The summed E-state index contributed by atoms with van der Waals surface area (Å²) in [6.45, 7) is 3.24. The number of fused-ring (bicyclic) bond motifs is 1. The number of piperidine rings is 1. The van der Waals surface area contributed by atoms with Crippen molar-refractivity contribution in [2.45, 2.75) is 25.3 Å². The highest BCUT2D eigenvalue weighted by molar-refractivity contribution is 5.93. The summed E-state index contributed by atoms with van der Waals surface area (Å²) in [5.41, 5.74) is 1.92. The summed E-state index contributed by atoms with van der Waals surface area (Å²) in [7, 11) is 1.67. The number of carbonyl (C=O) groups excluding carboxylic acids is 1. The smallest absolute Gasteiger partial charge is 0.255 e. The van der Waals surface area contributed by atoms with Crippen LogP contribution in [-0.2, 0) is 6.42 Å². The van der Waals surface area contributed by atoms with Gasteiger partial charge in [-0.3, -0.25) is 9.78 Å². The van der Waals surface area contributed by atoms with E-state index in [0.717, 1.165) is 57.0 Å². The second kappa shape index (κ2) is 8.61. The monoisotopic (exact) mass is 381 g/mol. The summed E-state index contributed by atoms with van der Waals surface area (Å²) in [4.78, 5) is 18.5. The van der Waals surface area contributed by atoms with Gasteiger partial charge in [-0.05, 0) is 43.0 Å². The Balaban J connectivity index is 1.23. The van der Waals surface area contributed by atoms with Gasteiger partial charge in [0.1, 0.15) is 11.5 Å². The fourth-order valence-corrected chi connectivity index (χ4v) is 3.97. The number of pyridine rings is 1. The zero-order valence-electron chi connectivity index (χ0n) is 16.3. The standard InChI is InChI=1S/C22H27N3O3/c1-27-20-5-4-17-11-16(15-28-21(17)12-20)13-24-19-6-9-25(10-7-19)22(26)18-3-2-8-23-14-18/h2-5,8,12,14,16,19,24H,6-7,9-11,13,15H2,1H3/t16-/m1/s1. The molecule has 1 N–H and O–H groups in total. The van der Waals surface area contributed by atoms with Crippen molar-refractivity contribution in [1.29, 1.82) is 0 Å². The lowest BCUT2D eigenvalue weighted by atomic mass is 9.95. The highest BCUT2D eigenvalue weighted by atomic mass is 16.5. The van der Waals surface area contributed by atoms with E-state index < -0.39 is 0 Å². The molecule has 4 rings (SSSR count). The van der Waals surface area contributed by atoms with E-state index in [4.69, 9.17) is 9.47 Å². The van der Waals surface area contributed by atoms with Gasteiger partial charge >= 0.3 is 0 Å². The predicted molar refractivity (Wildman–Crippen MR) is 107 cm³/mol. The van der Waals surface area contributed by atoms with Crippen molar-refractivity contribution >= 4 is 5.91 Å². The Morgan fingerprint density at radius 2 is 2.18 bits per heavy atom. The molecular weight excluding hydrogens is 354 g/mol. The molecule has 6 nitrogen and oxygen atoms in total. The Labute approximate surface area is 165 Å². The van der Waals surface area contributed by atoms with Crippen molar-refractivity contribution in [3.8, 4) is 11.5 Å². The zero-order chi connectivity index (χ0) is 19.3. The van der Waals surface area contributed by atoms with Gasteiger partial charge in [0.15, 0.2) is 0 Å². The number of carbonyl (C=O) groups is 1. The number of ether oxygens (including phenoxy) is 2. The highest BCUT2D eigenvalue weighted by Crippen LogP contribution is 2.31. The first-order valence-corrected chi connectivity index (χ1v) is 9.95. The minimum Gasteiger partial charge on any atom is -0.497 e. The van der Waals surface area contributed by atoms with Crippen molar-refractivity contribution in [3.05, 3.63) is 53.9 Å². The van der Waals surface area contributed by atoms with Crippen LogP contribution in [0.4, 0.5) is 0 Å². The molecule has 2 aliphatic rings. The normalized spacial score (nSPS) is 19.6. The predicted octanol–water partition coefficient (Wildman–Crippen LogP) is 2.54. The Kier molecular flexibility index (Phi) is 5.76. The minimum atomic E-state index is 0.0827. The van der Waals surface area contributed by atoms with Gasteiger partial charge < -0.3 is 19.7 Å². The Morgan fingerprint density at radius 3 is 2.93 bits per heavy atom. The van der Waals surface area contributed by atoms with E-state index >= 15 is 0 Å². The van der Waals surface area contributed by atoms with E-state index in [9.17, 15) is 4.79 Å². The lowest BCUT2D eigenvalue weighted by Crippen LogP contribution is -2.46. The summed E-state index contributed by atoms with van der Waals surface area (Å²) in [5.74, 6) is 2.33. The van der Waals surface area contributed by atoms with Crippen LogP contribution in [0, 0.1) is 5.92 Å². The van der Waals surface area contributed by atoms with E-state index in [2.05, 4.69) is 16.4 Å². The Hall–Kier alpha value is -2.60.